The number of halogens is 1. The maximum atomic E-state index is 11.6. The molecule has 0 heterocycles. The van der Waals surface area contributed by atoms with Gasteiger partial charge in [-0.15, -0.1) is 12.4 Å². The summed E-state index contributed by atoms with van der Waals surface area (Å²) >= 11 is 0. The summed E-state index contributed by atoms with van der Waals surface area (Å²) in [6.07, 6.45) is 7.79. The van der Waals surface area contributed by atoms with Crippen LogP contribution < -0.4 is 5.32 Å². The van der Waals surface area contributed by atoms with Crippen molar-refractivity contribution in [2.45, 2.75) is 45.4 Å². The van der Waals surface area contributed by atoms with Crippen molar-refractivity contribution in [3.8, 4) is 11.1 Å². The number of carboxylic acid groups (broad SMARTS) is 1. The van der Waals surface area contributed by atoms with Crippen LogP contribution in [-0.2, 0) is 6.42 Å². The van der Waals surface area contributed by atoms with Gasteiger partial charge in [-0.25, -0.2) is 4.79 Å². The summed E-state index contributed by atoms with van der Waals surface area (Å²) in [4.78, 5) is 11.6. The van der Waals surface area contributed by atoms with E-state index in [2.05, 4.69) is 5.32 Å². The summed E-state index contributed by atoms with van der Waals surface area (Å²) in [5.41, 5.74) is 4.48. The van der Waals surface area contributed by atoms with Crippen LogP contribution in [0.4, 0.5) is 0 Å². The average Bonchev–Trinajstić information content (AvgIpc) is 2.66. The molecule has 146 valence electrons. The van der Waals surface area contributed by atoms with E-state index in [1.54, 1.807) is 6.07 Å². The van der Waals surface area contributed by atoms with E-state index in [-0.39, 0.29) is 12.4 Å². The number of rotatable bonds is 7. The summed E-state index contributed by atoms with van der Waals surface area (Å²) in [6, 6.07) is 13.7. The highest BCUT2D eigenvalue weighted by atomic mass is 35.5. The van der Waals surface area contributed by atoms with Crippen molar-refractivity contribution < 1.29 is 9.90 Å². The van der Waals surface area contributed by atoms with Gasteiger partial charge in [0.05, 0.1) is 5.56 Å². The van der Waals surface area contributed by atoms with Crippen molar-refractivity contribution in [1.82, 2.24) is 5.32 Å². The van der Waals surface area contributed by atoms with Gasteiger partial charge in [-0.05, 0) is 73.5 Å². The summed E-state index contributed by atoms with van der Waals surface area (Å²) in [6.45, 7) is 4.08. The lowest BCUT2D eigenvalue weighted by molar-refractivity contribution is 0.0697. The molecule has 1 aliphatic rings. The third kappa shape index (κ3) is 5.82. The Morgan fingerprint density at radius 3 is 2.52 bits per heavy atom. The van der Waals surface area contributed by atoms with Crippen LogP contribution in [0.1, 0.15) is 53.6 Å². The van der Waals surface area contributed by atoms with Gasteiger partial charge < -0.3 is 10.4 Å². The van der Waals surface area contributed by atoms with E-state index in [1.165, 1.54) is 37.7 Å². The molecule has 1 aliphatic carbocycles. The molecule has 0 spiro atoms. The molecule has 3 rings (SSSR count). The molecule has 0 aliphatic heterocycles. The van der Waals surface area contributed by atoms with Gasteiger partial charge in [0, 0.05) is 0 Å². The van der Waals surface area contributed by atoms with E-state index in [0.29, 0.717) is 5.56 Å². The van der Waals surface area contributed by atoms with Crippen LogP contribution in [0.15, 0.2) is 42.5 Å². The molecule has 2 aromatic carbocycles. The number of carbonyl (C=O) groups is 1. The SMILES string of the molecule is Cc1ccccc1-c1cc(CCNCC2CCCCC2)ccc1C(=O)O.Cl. The zero-order valence-corrected chi connectivity index (χ0v) is 16.9. The molecule has 0 radical (unpaired) electrons. The van der Waals surface area contributed by atoms with Crippen molar-refractivity contribution in [3.05, 3.63) is 59.2 Å². The Morgan fingerprint density at radius 2 is 1.81 bits per heavy atom. The zero-order valence-electron chi connectivity index (χ0n) is 16.0. The van der Waals surface area contributed by atoms with E-state index < -0.39 is 5.97 Å². The number of nitrogens with one attached hydrogen (secondary N) is 1. The molecule has 0 unspecified atom stereocenters. The van der Waals surface area contributed by atoms with Crippen molar-refractivity contribution in [2.75, 3.05) is 13.1 Å². The van der Waals surface area contributed by atoms with Crippen molar-refractivity contribution in [2.24, 2.45) is 5.92 Å². The second-order valence-electron chi connectivity index (χ2n) is 7.46. The highest BCUT2D eigenvalue weighted by Gasteiger charge is 2.15. The third-order valence-electron chi connectivity index (χ3n) is 5.50. The van der Waals surface area contributed by atoms with E-state index >= 15 is 0 Å². The van der Waals surface area contributed by atoms with Gasteiger partial charge in [0.25, 0.3) is 0 Å². The maximum Gasteiger partial charge on any atom is 0.336 e. The van der Waals surface area contributed by atoms with Gasteiger partial charge in [0.2, 0.25) is 0 Å². The lowest BCUT2D eigenvalue weighted by Gasteiger charge is -2.21. The molecule has 1 fully saturated rings. The van der Waals surface area contributed by atoms with Crippen LogP contribution in [0, 0.1) is 12.8 Å². The van der Waals surface area contributed by atoms with Gasteiger partial charge in [-0.1, -0.05) is 55.7 Å². The minimum Gasteiger partial charge on any atom is -0.478 e. The molecule has 0 bridgehead atoms. The predicted molar refractivity (Wildman–Crippen MR) is 114 cm³/mol. The fraction of sp³-hybridized carbons (Fsp3) is 0.435. The van der Waals surface area contributed by atoms with Crippen LogP contribution in [-0.4, -0.2) is 24.2 Å². The van der Waals surface area contributed by atoms with Gasteiger partial charge >= 0.3 is 5.97 Å². The summed E-state index contributed by atoms with van der Waals surface area (Å²) in [5.74, 6) is -0.0362. The molecule has 1 saturated carbocycles. The Balaban J connectivity index is 0.00000261. The quantitative estimate of drug-likeness (QED) is 0.617. The molecular weight excluding hydrogens is 358 g/mol. The molecular formula is C23H30ClNO2. The van der Waals surface area contributed by atoms with Gasteiger partial charge in [-0.3, -0.25) is 0 Å². The van der Waals surface area contributed by atoms with E-state index in [1.807, 2.05) is 43.3 Å². The third-order valence-corrected chi connectivity index (χ3v) is 5.50. The molecule has 27 heavy (non-hydrogen) atoms. The first-order valence-corrected chi connectivity index (χ1v) is 9.78. The second kappa shape index (κ2) is 10.5. The Kier molecular flexibility index (Phi) is 8.33. The molecule has 0 aromatic heterocycles. The lowest BCUT2D eigenvalue weighted by Crippen LogP contribution is -2.26. The molecule has 2 N–H and O–H groups in total. The van der Waals surface area contributed by atoms with Crippen LogP contribution in [0.3, 0.4) is 0 Å². The summed E-state index contributed by atoms with van der Waals surface area (Å²) in [5, 5.41) is 13.2. The Hall–Kier alpha value is -1.84. The summed E-state index contributed by atoms with van der Waals surface area (Å²) in [7, 11) is 0. The number of aryl methyl sites for hydroxylation is 1. The summed E-state index contributed by atoms with van der Waals surface area (Å²) < 4.78 is 0. The topological polar surface area (TPSA) is 49.3 Å². The molecule has 3 nitrogen and oxygen atoms in total. The van der Waals surface area contributed by atoms with E-state index in [0.717, 1.165) is 42.1 Å². The van der Waals surface area contributed by atoms with Crippen LogP contribution in [0.25, 0.3) is 11.1 Å². The number of carboxylic acids is 1. The van der Waals surface area contributed by atoms with Crippen LogP contribution in [0.5, 0.6) is 0 Å². The normalized spacial score (nSPS) is 14.6. The Bertz CT molecular complexity index is 754. The minimum absolute atomic E-state index is 0. The zero-order chi connectivity index (χ0) is 18.4. The van der Waals surface area contributed by atoms with E-state index in [9.17, 15) is 9.90 Å². The first-order chi connectivity index (χ1) is 12.6. The first-order valence-electron chi connectivity index (χ1n) is 9.78. The van der Waals surface area contributed by atoms with Crippen molar-refractivity contribution >= 4 is 18.4 Å². The number of benzene rings is 2. The molecule has 0 saturated heterocycles. The fourth-order valence-electron chi connectivity index (χ4n) is 3.96. The first kappa shape index (κ1) is 21.5. The minimum atomic E-state index is -0.870. The average molecular weight is 388 g/mol. The maximum absolute atomic E-state index is 11.6. The highest BCUT2D eigenvalue weighted by molar-refractivity contribution is 5.96. The predicted octanol–water partition coefficient (Wildman–Crippen LogP) is 5.49. The Morgan fingerprint density at radius 1 is 1.07 bits per heavy atom. The van der Waals surface area contributed by atoms with Gasteiger partial charge in [-0.2, -0.15) is 0 Å². The molecule has 4 heteroatoms. The molecule has 2 aromatic rings. The van der Waals surface area contributed by atoms with Gasteiger partial charge in [0.15, 0.2) is 0 Å². The van der Waals surface area contributed by atoms with Crippen LogP contribution >= 0.6 is 12.4 Å². The van der Waals surface area contributed by atoms with Crippen molar-refractivity contribution in [1.29, 1.82) is 0 Å². The molecule has 0 atom stereocenters. The number of hydrogen-bond donors (Lipinski definition) is 2. The van der Waals surface area contributed by atoms with Crippen molar-refractivity contribution in [3.63, 3.8) is 0 Å². The standard InChI is InChI=1S/C23H29NO2.ClH/c1-17-7-5-6-10-20(17)22-15-18(11-12-21(22)23(25)26)13-14-24-16-19-8-3-2-4-9-19;/h5-7,10-12,15,19,24H,2-4,8-9,13-14,16H2,1H3,(H,25,26);1H. The Labute approximate surface area is 168 Å². The smallest absolute Gasteiger partial charge is 0.336 e. The number of hydrogen-bond acceptors (Lipinski definition) is 2. The van der Waals surface area contributed by atoms with Gasteiger partial charge in [0.1, 0.15) is 0 Å². The highest BCUT2D eigenvalue weighted by Crippen LogP contribution is 2.28. The fourth-order valence-corrected chi connectivity index (χ4v) is 3.96. The largest absolute Gasteiger partial charge is 0.478 e. The van der Waals surface area contributed by atoms with Crippen LogP contribution in [0.2, 0.25) is 0 Å². The molecule has 0 amide bonds. The monoisotopic (exact) mass is 387 g/mol. The second-order valence-corrected chi connectivity index (χ2v) is 7.46. The lowest BCUT2D eigenvalue weighted by atomic mass is 9.89. The number of aromatic carboxylic acids is 1. The van der Waals surface area contributed by atoms with E-state index in [4.69, 9.17) is 0 Å².